The lowest BCUT2D eigenvalue weighted by Gasteiger charge is -2.31. The fraction of sp³-hybridized carbons (Fsp3) is 0.175. The minimum atomic E-state index is -1.60. The van der Waals surface area contributed by atoms with Gasteiger partial charge >= 0.3 is 0 Å². The number of rotatable bonds is 10. The Kier molecular flexibility index (Phi) is 12.1. The predicted octanol–water partition coefficient (Wildman–Crippen LogP) is 21.9. The molecule has 15 rings (SSSR count). The smallest absolute Gasteiger partial charge is 0.0775 e. The highest BCUT2D eigenvalue weighted by molar-refractivity contribution is 6.89. The van der Waals surface area contributed by atoms with Crippen molar-refractivity contribution < 1.29 is 0 Å². The molecule has 0 aliphatic carbocycles. The van der Waals surface area contributed by atoms with Gasteiger partial charge in [0, 0.05) is 65.6 Å². The molecule has 0 N–H and O–H groups in total. The van der Waals surface area contributed by atoms with E-state index in [9.17, 15) is 0 Å². The zero-order valence-electron chi connectivity index (χ0n) is 51.7. The van der Waals surface area contributed by atoms with Crippen LogP contribution in [0.5, 0.6) is 0 Å². The van der Waals surface area contributed by atoms with Crippen LogP contribution in [0.25, 0.3) is 98.4 Å². The third-order valence-electron chi connectivity index (χ3n) is 18.6. The first-order chi connectivity index (χ1) is 41.2. The topological polar surface area (TPSA) is 15.3 Å². The van der Waals surface area contributed by atoms with E-state index in [4.69, 9.17) is 0 Å². The van der Waals surface area contributed by atoms with Gasteiger partial charge in [0.1, 0.15) is 0 Å². The molecule has 0 spiro atoms. The molecule has 0 atom stereocenters. The first-order valence-corrected chi connectivity index (χ1v) is 37.8. The van der Waals surface area contributed by atoms with Gasteiger partial charge in [0.05, 0.1) is 72.0 Å². The average Bonchev–Trinajstić information content (AvgIpc) is 1.52. The Morgan fingerprint density at radius 1 is 0.302 bits per heavy atom. The van der Waals surface area contributed by atoms with Crippen LogP contribution in [0, 0.1) is 0 Å². The molecule has 86 heavy (non-hydrogen) atoms. The van der Waals surface area contributed by atoms with E-state index in [-0.39, 0.29) is 10.8 Å². The minimum Gasteiger partial charge on any atom is -0.309 e. The Bertz CT molecular complexity index is 4800. The quantitative estimate of drug-likeness (QED) is 0.127. The molecule has 0 saturated carbocycles. The molecule has 15 aromatic rings. The summed E-state index contributed by atoms with van der Waals surface area (Å²) in [5.74, 6) is 0. The molecular weight excluding hydrogens is 1070 g/mol. The number of hydrogen-bond acceptors (Lipinski definition) is 2. The van der Waals surface area contributed by atoms with E-state index in [2.05, 4.69) is 330 Å². The minimum absolute atomic E-state index is 0.0353. The molecule has 0 bridgehead atoms. The molecule has 6 heteroatoms. The largest absolute Gasteiger partial charge is 0.309 e. The van der Waals surface area contributed by atoms with Crippen LogP contribution < -0.4 is 20.2 Å². The average molecular weight is 1150 g/mol. The summed E-state index contributed by atoms with van der Waals surface area (Å²) in [6.07, 6.45) is 0. The molecule has 4 heterocycles. The summed E-state index contributed by atoms with van der Waals surface area (Å²) in [6.45, 7) is 28.5. The summed E-state index contributed by atoms with van der Waals surface area (Å²) in [7, 11) is -3.20. The fourth-order valence-corrected chi connectivity index (χ4v) is 16.3. The van der Waals surface area contributed by atoms with E-state index in [0.717, 1.165) is 22.7 Å². The summed E-state index contributed by atoms with van der Waals surface area (Å²) in [5, 5.41) is 12.9. The third kappa shape index (κ3) is 8.42. The van der Waals surface area contributed by atoms with E-state index < -0.39 is 16.1 Å². The van der Waals surface area contributed by atoms with Gasteiger partial charge in [-0.2, -0.15) is 0 Å². The van der Waals surface area contributed by atoms with E-state index in [1.165, 1.54) is 131 Å². The van der Waals surface area contributed by atoms with Crippen LogP contribution in [-0.4, -0.2) is 24.9 Å². The van der Waals surface area contributed by atoms with Crippen LogP contribution in [-0.2, 0) is 10.8 Å². The Balaban J connectivity index is 1.00. The summed E-state index contributed by atoms with van der Waals surface area (Å²) in [6, 6.07) is 88.3. The number of anilines is 6. The van der Waals surface area contributed by atoms with Crippen molar-refractivity contribution in [1.82, 2.24) is 8.80 Å². The van der Waals surface area contributed by atoms with E-state index in [1.54, 1.807) is 0 Å². The van der Waals surface area contributed by atoms with Crippen LogP contribution in [0.15, 0.2) is 231 Å². The van der Waals surface area contributed by atoms with Gasteiger partial charge in [0.25, 0.3) is 0 Å². The molecule has 0 radical (unpaired) electrons. The van der Waals surface area contributed by atoms with Crippen molar-refractivity contribution in [1.29, 1.82) is 0 Å². The van der Waals surface area contributed by atoms with Gasteiger partial charge in [-0.3, -0.25) is 0 Å². The van der Waals surface area contributed by atoms with Crippen molar-refractivity contribution in [2.45, 2.75) is 91.7 Å². The molecule has 0 aliphatic rings. The monoisotopic (exact) mass is 1150 g/mol. The highest BCUT2D eigenvalue weighted by Crippen LogP contribution is 2.53. The molecule has 0 saturated heterocycles. The van der Waals surface area contributed by atoms with Crippen molar-refractivity contribution in [3.8, 4) is 22.3 Å². The van der Waals surface area contributed by atoms with E-state index >= 15 is 0 Å². The maximum absolute atomic E-state index is 2.59. The van der Waals surface area contributed by atoms with E-state index in [0.29, 0.717) is 0 Å². The number of hydrogen-bond donors (Lipinski definition) is 0. The van der Waals surface area contributed by atoms with Gasteiger partial charge < -0.3 is 18.6 Å². The lowest BCUT2D eigenvalue weighted by molar-refractivity contribution is 0.590. The first-order valence-electron chi connectivity index (χ1n) is 30.8. The maximum Gasteiger partial charge on any atom is 0.0775 e. The van der Waals surface area contributed by atoms with Crippen LogP contribution in [0.4, 0.5) is 34.1 Å². The molecule has 4 nitrogen and oxygen atoms in total. The zero-order valence-corrected chi connectivity index (χ0v) is 53.7. The predicted molar refractivity (Wildman–Crippen MR) is 379 cm³/mol. The lowest BCUT2D eigenvalue weighted by atomic mass is 9.84. The van der Waals surface area contributed by atoms with Crippen LogP contribution in [0.2, 0.25) is 39.3 Å². The molecule has 0 aliphatic heterocycles. The molecule has 0 fully saturated rings. The second kappa shape index (κ2) is 19.3. The number of para-hydroxylation sites is 2. The number of nitrogens with zero attached hydrogens (tertiary/aromatic N) is 4. The maximum atomic E-state index is 2.59. The van der Waals surface area contributed by atoms with Gasteiger partial charge in [-0.15, -0.1) is 0 Å². The summed E-state index contributed by atoms with van der Waals surface area (Å²) >= 11 is 0. The normalized spacial score (nSPS) is 12.9. The van der Waals surface area contributed by atoms with Crippen molar-refractivity contribution in [3.05, 3.63) is 242 Å². The SMILES string of the molecule is CC(C)(C)c1ccc(N(c2ccc([Si](C)(C)C)cc2)c2ccc3c4cc5c(cc4n4c6ccccc6c2c34)c2ccc(N(c3ccc([Si](C)(C)C)cc3)c3ccc(C(C)(C)C)cc3-c3ccccc3)c3c4ccccc4n5c23)c(-c2ccccc2)c1. The second-order valence-electron chi connectivity index (χ2n) is 28.3. The van der Waals surface area contributed by atoms with Crippen LogP contribution in [0.3, 0.4) is 0 Å². The van der Waals surface area contributed by atoms with Crippen molar-refractivity contribution in [2.75, 3.05) is 9.80 Å². The van der Waals surface area contributed by atoms with Gasteiger partial charge in [0.15, 0.2) is 0 Å². The molecule has 422 valence electrons. The van der Waals surface area contributed by atoms with Crippen LogP contribution in [0.1, 0.15) is 52.7 Å². The fourth-order valence-electron chi connectivity index (χ4n) is 14.0. The van der Waals surface area contributed by atoms with Crippen LogP contribution >= 0.6 is 0 Å². The second-order valence-corrected chi connectivity index (χ2v) is 38.4. The molecule has 0 unspecified atom stereocenters. The van der Waals surface area contributed by atoms with Crippen molar-refractivity contribution in [3.63, 3.8) is 0 Å². The van der Waals surface area contributed by atoms with E-state index in [1.807, 2.05) is 0 Å². The number of aromatic nitrogens is 2. The molecule has 0 amide bonds. The molecule has 4 aromatic heterocycles. The summed E-state index contributed by atoms with van der Waals surface area (Å²) in [4.78, 5) is 5.12. The van der Waals surface area contributed by atoms with Gasteiger partial charge in [-0.05, 0) is 118 Å². The Morgan fingerprint density at radius 3 is 1.01 bits per heavy atom. The lowest BCUT2D eigenvalue weighted by Crippen LogP contribution is -2.37. The molecule has 11 aromatic carbocycles. The summed E-state index contributed by atoms with van der Waals surface area (Å²) in [5.41, 5.74) is 21.7. The Labute approximate surface area is 507 Å². The Hall–Kier alpha value is -8.95. The Morgan fingerprint density at radius 2 is 0.651 bits per heavy atom. The third-order valence-corrected chi connectivity index (χ3v) is 22.7. The highest BCUT2D eigenvalue weighted by Gasteiger charge is 2.31. The highest BCUT2D eigenvalue weighted by atomic mass is 28.3. The van der Waals surface area contributed by atoms with Gasteiger partial charge in [-0.25, -0.2) is 0 Å². The standard InChI is InChI=1S/C80H74N4Si2/c1-79(2,3)53-31-43-69(63(47-53)51-23-15-13-16-24-51)81(55-33-37-57(38-34-55)85(7,8)9)71-45-41-59-65-49-74-66(50-73(65)83-67-29-21-19-27-61(67)75(71)77(59)83)60-42-46-72(76-62-28-20-22-30-68(62)84(74)78(60)76)82(56-35-39-58(40-36-56)86(10,11)12)70-44-32-54(80(4,5)6)48-64(70)52-25-17-14-18-26-52/h13-50H,1-12H3. The van der Waals surface area contributed by atoms with Crippen molar-refractivity contribution >= 4 is 137 Å². The van der Waals surface area contributed by atoms with Gasteiger partial charge in [0.2, 0.25) is 0 Å². The van der Waals surface area contributed by atoms with Crippen molar-refractivity contribution in [2.24, 2.45) is 0 Å². The number of benzene rings is 11. The molecular formula is C80H74N4Si2. The van der Waals surface area contributed by atoms with Gasteiger partial charge in [-0.1, -0.05) is 237 Å². The first kappa shape index (κ1) is 53.8. The summed E-state index contributed by atoms with van der Waals surface area (Å²) < 4.78 is 5.17. The zero-order chi connectivity index (χ0) is 59.3. The number of fused-ring (bicyclic) bond motifs is 12.